The quantitative estimate of drug-likeness (QED) is 0.633. The molecule has 1 saturated carbocycles. The van der Waals surface area contributed by atoms with Crippen molar-refractivity contribution in [3.05, 3.63) is 34.3 Å². The Morgan fingerprint density at radius 2 is 2.18 bits per heavy atom. The Bertz CT molecular complexity index is 1070. The fourth-order valence-corrected chi connectivity index (χ4v) is 2.78. The average Bonchev–Trinajstić information content (AvgIpc) is 2.60. The first-order chi connectivity index (χ1) is 12.5. The number of ketones is 2. The molecule has 1 aromatic heterocycles. The molecular formula is C16H17N3O3. The van der Waals surface area contributed by atoms with Crippen molar-refractivity contribution in [1.29, 1.82) is 0 Å². The molecule has 0 saturated heterocycles. The van der Waals surface area contributed by atoms with Gasteiger partial charge >= 0.3 is 0 Å². The molecule has 1 aliphatic rings. The minimum absolute atomic E-state index is 0.00930. The van der Waals surface area contributed by atoms with Gasteiger partial charge < -0.3 is 5.73 Å². The number of nitrogens with zero attached hydrogens (tertiary/aromatic N) is 2. The topological polar surface area (TPSA) is 95.0 Å². The summed E-state index contributed by atoms with van der Waals surface area (Å²) in [6.07, 6.45) is -0.299. The highest BCUT2D eigenvalue weighted by atomic mass is 16.2. The summed E-state index contributed by atoms with van der Waals surface area (Å²) in [7, 11) is 0. The van der Waals surface area contributed by atoms with Crippen molar-refractivity contribution < 1.29 is 16.4 Å². The van der Waals surface area contributed by atoms with Crippen LogP contribution in [0.3, 0.4) is 0 Å². The van der Waals surface area contributed by atoms with Gasteiger partial charge in [-0.2, -0.15) is 0 Å². The zero-order valence-electron chi connectivity index (χ0n) is 16.9. The van der Waals surface area contributed by atoms with Gasteiger partial charge in [-0.15, -0.1) is 0 Å². The zero-order valence-corrected chi connectivity index (χ0v) is 11.9. The predicted molar refractivity (Wildman–Crippen MR) is 82.7 cm³/mol. The van der Waals surface area contributed by atoms with Crippen molar-refractivity contribution >= 4 is 28.2 Å². The Balaban J connectivity index is 2.48. The third-order valence-electron chi connectivity index (χ3n) is 4.10. The normalized spacial score (nSPS) is 25.6. The summed E-state index contributed by atoms with van der Waals surface area (Å²) in [5.41, 5.74) is 2.86. The van der Waals surface area contributed by atoms with Gasteiger partial charge in [-0.05, 0) is 32.3 Å². The summed E-state index contributed by atoms with van der Waals surface area (Å²) < 4.78 is 40.0. The van der Waals surface area contributed by atoms with Crippen LogP contribution in [0.5, 0.6) is 0 Å². The lowest BCUT2D eigenvalue weighted by molar-refractivity contribution is -0.136. The first-order valence-electron chi connectivity index (χ1n) is 9.38. The lowest BCUT2D eigenvalue weighted by atomic mass is 9.81. The molecule has 1 heterocycles. The molecule has 0 bridgehead atoms. The number of aryl methyl sites for hydroxylation is 1. The number of hydrogen-bond donors (Lipinski definition) is 1. The van der Waals surface area contributed by atoms with E-state index in [1.807, 2.05) is 0 Å². The van der Waals surface area contributed by atoms with Gasteiger partial charge in [0.2, 0.25) is 0 Å². The Kier molecular flexibility index (Phi) is 2.06. The van der Waals surface area contributed by atoms with E-state index in [1.54, 1.807) is 0 Å². The SMILES string of the molecule is [2H]c1c([2H])c(N)c2c(=O)n(C3(C)CCC(=O)CC3=O)c(C([2H])[2H])nc2c1[2H]. The van der Waals surface area contributed by atoms with Gasteiger partial charge in [-0.25, -0.2) is 4.98 Å². The lowest BCUT2D eigenvalue weighted by Crippen LogP contribution is -2.49. The first-order valence-corrected chi connectivity index (χ1v) is 6.72. The van der Waals surface area contributed by atoms with Gasteiger partial charge in [0.1, 0.15) is 17.1 Å². The second kappa shape index (κ2) is 4.76. The Labute approximate surface area is 134 Å². The van der Waals surface area contributed by atoms with Crippen molar-refractivity contribution in [1.82, 2.24) is 9.55 Å². The number of hydrogen-bond acceptors (Lipinski definition) is 5. The predicted octanol–water partition coefficient (Wildman–Crippen LogP) is 1.32. The number of Topliss-reactive ketones (excluding diaryl/α,β-unsaturated/α-hetero) is 2. The molecule has 3 rings (SSSR count). The van der Waals surface area contributed by atoms with Gasteiger partial charge in [-0.3, -0.25) is 19.0 Å². The van der Waals surface area contributed by atoms with Crippen LogP contribution in [0.15, 0.2) is 22.9 Å². The summed E-state index contributed by atoms with van der Waals surface area (Å²) in [6, 6.07) is -1.53. The number of anilines is 1. The Hall–Kier alpha value is -2.50. The molecule has 0 radical (unpaired) electrons. The molecule has 1 aliphatic carbocycles. The molecule has 22 heavy (non-hydrogen) atoms. The highest BCUT2D eigenvalue weighted by molar-refractivity contribution is 6.05. The maximum atomic E-state index is 13.2. The van der Waals surface area contributed by atoms with Crippen LogP contribution in [0.25, 0.3) is 10.9 Å². The van der Waals surface area contributed by atoms with Crippen LogP contribution in [0.2, 0.25) is 0 Å². The summed E-state index contributed by atoms with van der Waals surface area (Å²) in [6.45, 7) is -0.310. The van der Waals surface area contributed by atoms with E-state index in [2.05, 4.69) is 4.98 Å². The molecular weight excluding hydrogens is 282 g/mol. The van der Waals surface area contributed by atoms with Crippen molar-refractivity contribution in [2.75, 3.05) is 5.73 Å². The Morgan fingerprint density at radius 3 is 2.86 bits per heavy atom. The Morgan fingerprint density at radius 1 is 1.41 bits per heavy atom. The van der Waals surface area contributed by atoms with Crippen LogP contribution in [0.1, 0.15) is 38.9 Å². The second-order valence-corrected chi connectivity index (χ2v) is 5.54. The van der Waals surface area contributed by atoms with Gasteiger partial charge in [0.25, 0.3) is 5.56 Å². The van der Waals surface area contributed by atoms with Gasteiger partial charge in [0.05, 0.1) is 21.4 Å². The van der Waals surface area contributed by atoms with Gasteiger partial charge in [0, 0.05) is 14.8 Å². The molecule has 1 atom stereocenters. The number of rotatable bonds is 1. The molecule has 1 unspecified atom stereocenters. The van der Waals surface area contributed by atoms with Crippen molar-refractivity contribution in [2.45, 2.75) is 38.6 Å². The third-order valence-corrected chi connectivity index (χ3v) is 4.10. The minimum Gasteiger partial charge on any atom is -0.398 e. The summed E-state index contributed by atoms with van der Waals surface area (Å²) in [5, 5.41) is -0.295. The molecule has 0 spiro atoms. The fourth-order valence-electron chi connectivity index (χ4n) is 2.78. The third kappa shape index (κ3) is 1.94. The molecule has 114 valence electrons. The first kappa shape index (κ1) is 9.50. The van der Waals surface area contributed by atoms with E-state index in [0.29, 0.717) is 0 Å². The van der Waals surface area contributed by atoms with Gasteiger partial charge in [0.15, 0.2) is 5.78 Å². The maximum Gasteiger partial charge on any atom is 0.264 e. The van der Waals surface area contributed by atoms with Crippen molar-refractivity contribution in [3.8, 4) is 0 Å². The number of fused-ring (bicyclic) bond motifs is 1. The average molecular weight is 304 g/mol. The molecule has 6 heteroatoms. The number of carbonyl (C=O) groups excluding carboxylic acids is 2. The monoisotopic (exact) mass is 304 g/mol. The number of nitrogens with two attached hydrogens (primary N) is 1. The highest BCUT2D eigenvalue weighted by Gasteiger charge is 2.41. The van der Waals surface area contributed by atoms with Crippen LogP contribution >= 0.6 is 0 Å². The lowest BCUT2D eigenvalue weighted by Gasteiger charge is -2.34. The highest BCUT2D eigenvalue weighted by Crippen LogP contribution is 2.30. The van der Waals surface area contributed by atoms with Crippen LogP contribution in [-0.4, -0.2) is 21.1 Å². The summed E-state index contributed by atoms with van der Waals surface area (Å²) in [5.74, 6) is -1.16. The van der Waals surface area contributed by atoms with Crippen LogP contribution in [-0.2, 0) is 15.1 Å². The van der Waals surface area contributed by atoms with E-state index in [4.69, 9.17) is 12.6 Å². The van der Waals surface area contributed by atoms with E-state index in [1.165, 1.54) is 6.92 Å². The minimum atomic E-state index is -1.75. The molecule has 0 aliphatic heterocycles. The summed E-state index contributed by atoms with van der Waals surface area (Å²) >= 11 is 0. The fraction of sp³-hybridized carbons (Fsp3) is 0.375. The van der Waals surface area contributed by atoms with E-state index in [9.17, 15) is 14.4 Å². The molecule has 2 N–H and O–H groups in total. The number of nitrogen functional groups attached to an aromatic ring is 1. The number of carbonyl (C=O) groups is 2. The zero-order chi connectivity index (χ0) is 20.3. The molecule has 6 nitrogen and oxygen atoms in total. The van der Waals surface area contributed by atoms with Crippen molar-refractivity contribution in [2.24, 2.45) is 0 Å². The molecule has 1 aromatic carbocycles. The molecule has 2 aromatic rings. The van der Waals surface area contributed by atoms with Crippen LogP contribution < -0.4 is 11.3 Å². The smallest absolute Gasteiger partial charge is 0.264 e. The van der Waals surface area contributed by atoms with E-state index in [0.717, 1.165) is 4.57 Å². The summed E-state index contributed by atoms with van der Waals surface area (Å²) in [4.78, 5) is 41.5. The standard InChI is InChI=1S/C16H17N3O3/c1-9-18-12-5-3-4-11(17)14(12)15(22)19(9)16(2)7-6-10(20)8-13(16)21/h3-5H,6-8,17H2,1-2H3/i1D2,3D,4D,5D. The molecule has 1 fully saturated rings. The van der Waals surface area contributed by atoms with Crippen LogP contribution in [0, 0.1) is 6.88 Å². The molecule has 0 amide bonds. The largest absolute Gasteiger partial charge is 0.398 e. The van der Waals surface area contributed by atoms with Gasteiger partial charge in [-0.1, -0.05) is 6.04 Å². The number of aromatic nitrogens is 2. The van der Waals surface area contributed by atoms with E-state index < -0.39 is 41.9 Å². The van der Waals surface area contributed by atoms with E-state index >= 15 is 0 Å². The van der Waals surface area contributed by atoms with Crippen molar-refractivity contribution in [3.63, 3.8) is 0 Å². The number of benzene rings is 1. The van der Waals surface area contributed by atoms with Crippen LogP contribution in [0.4, 0.5) is 5.69 Å². The van der Waals surface area contributed by atoms with E-state index in [-0.39, 0.29) is 47.5 Å². The second-order valence-electron chi connectivity index (χ2n) is 5.54. The maximum absolute atomic E-state index is 13.2.